The summed E-state index contributed by atoms with van der Waals surface area (Å²) in [6, 6.07) is 0.0760. The van der Waals surface area contributed by atoms with Crippen molar-refractivity contribution in [3.63, 3.8) is 0 Å². The third-order valence-corrected chi connectivity index (χ3v) is 5.80. The van der Waals surface area contributed by atoms with E-state index in [1.807, 2.05) is 0 Å². The van der Waals surface area contributed by atoms with E-state index in [4.69, 9.17) is 15.6 Å². The predicted molar refractivity (Wildman–Crippen MR) is 69.0 cm³/mol. The van der Waals surface area contributed by atoms with Crippen LogP contribution >= 0.6 is 11.3 Å². The lowest BCUT2D eigenvalue weighted by Gasteiger charge is -2.32. The molecule has 2 heterocycles. The molecule has 3 N–H and O–H groups in total. The lowest BCUT2D eigenvalue weighted by atomic mass is 10.3. The van der Waals surface area contributed by atoms with Crippen LogP contribution in [0, 0.1) is 0 Å². The van der Waals surface area contributed by atoms with Crippen molar-refractivity contribution in [3.8, 4) is 0 Å². The Bertz CT molecular complexity index is 638. The number of ether oxygens (including phenoxy) is 1. The Hall–Kier alpha value is -1.49. The number of carboxylic acids is 1. The number of rotatable bonds is 4. The zero-order valence-corrected chi connectivity index (χ0v) is 11.8. The molecule has 0 saturated carbocycles. The van der Waals surface area contributed by atoms with Gasteiger partial charge in [-0.25, -0.2) is 13.2 Å². The molecule has 1 atom stereocenters. The van der Waals surface area contributed by atoms with Gasteiger partial charge in [-0.1, -0.05) is 0 Å². The Labute approximate surface area is 118 Å². The molecule has 0 aliphatic carbocycles. The summed E-state index contributed by atoms with van der Waals surface area (Å²) in [7, 11) is -4.11. The molecule has 0 bridgehead atoms. The molecule has 0 aromatic carbocycles. The van der Waals surface area contributed by atoms with Crippen molar-refractivity contribution >= 4 is 33.2 Å². The zero-order chi connectivity index (χ0) is 14.9. The first-order valence-corrected chi connectivity index (χ1v) is 7.87. The second kappa shape index (κ2) is 5.48. The van der Waals surface area contributed by atoms with Gasteiger partial charge in [-0.05, 0) is 11.4 Å². The Balaban J connectivity index is 2.45. The van der Waals surface area contributed by atoms with Crippen LogP contribution in [0.1, 0.15) is 9.67 Å². The first-order valence-electron chi connectivity index (χ1n) is 5.55. The highest BCUT2D eigenvalue weighted by atomic mass is 32.2. The molecular formula is C10H12N2O6S2. The SMILES string of the molecule is NC(=O)C1COCCN1S(=O)(=O)c1ccsc1C(=O)O. The van der Waals surface area contributed by atoms with E-state index in [1.165, 1.54) is 11.4 Å². The fourth-order valence-electron chi connectivity index (χ4n) is 1.88. The average Bonchev–Trinajstić information content (AvgIpc) is 2.88. The van der Waals surface area contributed by atoms with Gasteiger partial charge in [0.2, 0.25) is 15.9 Å². The summed E-state index contributed by atoms with van der Waals surface area (Å²) in [5.41, 5.74) is 5.17. The van der Waals surface area contributed by atoms with Crippen molar-refractivity contribution < 1.29 is 27.9 Å². The highest BCUT2D eigenvalue weighted by Crippen LogP contribution is 2.27. The van der Waals surface area contributed by atoms with Gasteiger partial charge in [0.25, 0.3) is 0 Å². The van der Waals surface area contributed by atoms with Crippen molar-refractivity contribution in [1.82, 2.24) is 4.31 Å². The third-order valence-electron chi connectivity index (χ3n) is 2.82. The van der Waals surface area contributed by atoms with Crippen LogP contribution in [0.4, 0.5) is 0 Å². The standard InChI is InChI=1S/C10H12N2O6S2/c11-9(13)6-5-18-3-2-12(6)20(16,17)7-1-4-19-8(7)10(14)15/h1,4,6H,2-3,5H2,(H2,11,13)(H,14,15). The second-order valence-corrected chi connectivity index (χ2v) is 6.80. The maximum absolute atomic E-state index is 12.5. The van der Waals surface area contributed by atoms with Crippen LogP contribution < -0.4 is 5.73 Å². The number of carbonyl (C=O) groups excluding carboxylic acids is 1. The molecule has 1 amide bonds. The Morgan fingerprint density at radius 3 is 2.80 bits per heavy atom. The summed E-state index contributed by atoms with van der Waals surface area (Å²) in [5.74, 6) is -2.16. The number of nitrogens with zero attached hydrogens (tertiary/aromatic N) is 1. The van der Waals surface area contributed by atoms with E-state index in [1.54, 1.807) is 0 Å². The Kier molecular flexibility index (Phi) is 4.09. The van der Waals surface area contributed by atoms with E-state index in [9.17, 15) is 18.0 Å². The fourth-order valence-corrected chi connectivity index (χ4v) is 4.68. The number of sulfonamides is 1. The monoisotopic (exact) mass is 320 g/mol. The largest absolute Gasteiger partial charge is 0.477 e. The predicted octanol–water partition coefficient (Wildman–Crippen LogP) is -0.679. The van der Waals surface area contributed by atoms with E-state index in [0.29, 0.717) is 0 Å². The van der Waals surface area contributed by atoms with Crippen molar-refractivity contribution in [1.29, 1.82) is 0 Å². The summed E-state index contributed by atoms with van der Waals surface area (Å²) in [5, 5.41) is 10.4. The molecule has 2 rings (SSSR count). The molecule has 1 aromatic heterocycles. The minimum atomic E-state index is -4.11. The molecule has 0 spiro atoms. The summed E-state index contributed by atoms with van der Waals surface area (Å²) in [4.78, 5) is 21.7. The van der Waals surface area contributed by atoms with E-state index in [2.05, 4.69) is 0 Å². The number of hydrogen-bond donors (Lipinski definition) is 2. The average molecular weight is 320 g/mol. The minimum absolute atomic E-state index is 0.0507. The van der Waals surface area contributed by atoms with Crippen LogP contribution in [0.3, 0.4) is 0 Å². The smallest absolute Gasteiger partial charge is 0.347 e. The number of primary amides is 1. The quantitative estimate of drug-likeness (QED) is 0.757. The van der Waals surface area contributed by atoms with Gasteiger partial charge in [-0.2, -0.15) is 4.31 Å². The van der Waals surface area contributed by atoms with Crippen LogP contribution in [0.5, 0.6) is 0 Å². The fraction of sp³-hybridized carbons (Fsp3) is 0.400. The highest BCUT2D eigenvalue weighted by Gasteiger charge is 2.39. The normalized spacial score (nSPS) is 20.7. The molecule has 1 fully saturated rings. The first-order chi connectivity index (χ1) is 9.35. The zero-order valence-electron chi connectivity index (χ0n) is 10.2. The molecule has 1 aliphatic rings. The minimum Gasteiger partial charge on any atom is -0.477 e. The summed E-state index contributed by atoms with van der Waals surface area (Å²) < 4.78 is 30.9. The third kappa shape index (κ3) is 2.54. The summed E-state index contributed by atoms with van der Waals surface area (Å²) >= 11 is 0.805. The van der Waals surface area contributed by atoms with Crippen molar-refractivity contribution in [2.75, 3.05) is 19.8 Å². The first kappa shape index (κ1) is 14.9. The van der Waals surface area contributed by atoms with Crippen molar-refractivity contribution in [3.05, 3.63) is 16.3 Å². The number of carboxylic acid groups (broad SMARTS) is 1. The van der Waals surface area contributed by atoms with Gasteiger partial charge in [0.15, 0.2) is 0 Å². The summed E-state index contributed by atoms with van der Waals surface area (Å²) in [6.07, 6.45) is 0. The van der Waals surface area contributed by atoms with Crippen molar-refractivity contribution in [2.24, 2.45) is 5.73 Å². The van der Waals surface area contributed by atoms with E-state index in [0.717, 1.165) is 15.6 Å². The topological polar surface area (TPSA) is 127 Å². The number of carbonyl (C=O) groups is 2. The maximum Gasteiger partial charge on any atom is 0.347 e. The van der Waals surface area contributed by atoms with E-state index in [-0.39, 0.29) is 29.5 Å². The van der Waals surface area contributed by atoms with Crippen LogP contribution in [0.25, 0.3) is 0 Å². The number of nitrogens with two attached hydrogens (primary N) is 1. The van der Waals surface area contributed by atoms with Gasteiger partial charge in [0, 0.05) is 6.54 Å². The number of aromatic carboxylic acids is 1. The number of hydrogen-bond acceptors (Lipinski definition) is 6. The number of morpholine rings is 1. The van der Waals surface area contributed by atoms with Crippen molar-refractivity contribution in [2.45, 2.75) is 10.9 Å². The lowest BCUT2D eigenvalue weighted by Crippen LogP contribution is -2.54. The Morgan fingerprint density at radius 1 is 1.50 bits per heavy atom. The molecule has 1 aromatic rings. The molecule has 20 heavy (non-hydrogen) atoms. The summed E-state index contributed by atoms with van der Waals surface area (Å²) in [6.45, 7) is -0.0680. The van der Waals surface area contributed by atoms with Gasteiger partial charge in [0.05, 0.1) is 13.2 Å². The number of amides is 1. The van der Waals surface area contributed by atoms with Crippen LogP contribution in [0.2, 0.25) is 0 Å². The maximum atomic E-state index is 12.5. The van der Waals surface area contributed by atoms with Gasteiger partial charge < -0.3 is 15.6 Å². The molecule has 1 saturated heterocycles. The molecule has 110 valence electrons. The number of thiophene rings is 1. The Morgan fingerprint density at radius 2 is 2.20 bits per heavy atom. The van der Waals surface area contributed by atoms with Gasteiger partial charge in [-0.3, -0.25) is 4.79 Å². The lowest BCUT2D eigenvalue weighted by molar-refractivity contribution is -0.125. The van der Waals surface area contributed by atoms with Gasteiger partial charge in [-0.15, -0.1) is 11.3 Å². The van der Waals surface area contributed by atoms with Crippen LogP contribution in [-0.2, 0) is 19.6 Å². The van der Waals surface area contributed by atoms with Crippen LogP contribution in [0.15, 0.2) is 16.3 Å². The molecule has 1 aliphatic heterocycles. The van der Waals surface area contributed by atoms with Crippen LogP contribution in [-0.4, -0.2) is 55.5 Å². The van der Waals surface area contributed by atoms with E-state index >= 15 is 0 Å². The second-order valence-electron chi connectivity index (χ2n) is 4.03. The van der Waals surface area contributed by atoms with Gasteiger partial charge in [0.1, 0.15) is 15.8 Å². The van der Waals surface area contributed by atoms with Gasteiger partial charge >= 0.3 is 5.97 Å². The molecule has 1 unspecified atom stereocenters. The molecular weight excluding hydrogens is 308 g/mol. The van der Waals surface area contributed by atoms with E-state index < -0.39 is 27.9 Å². The highest BCUT2D eigenvalue weighted by molar-refractivity contribution is 7.89. The molecule has 0 radical (unpaired) electrons. The molecule has 10 heteroatoms. The molecule has 8 nitrogen and oxygen atoms in total.